The number of aromatic hydroxyl groups is 2. The maximum Gasteiger partial charge on any atom is 0.229 e. The molecule has 236 valence electrons. The fourth-order valence-electron chi connectivity index (χ4n) is 5.29. The molecule has 0 bridgehead atoms. The summed E-state index contributed by atoms with van der Waals surface area (Å²) in [5, 5.41) is 82.4. The van der Waals surface area contributed by atoms with Crippen LogP contribution in [0.5, 0.6) is 28.7 Å². The topological polar surface area (TPSA) is 234 Å². The van der Waals surface area contributed by atoms with Gasteiger partial charge < -0.3 is 69.3 Å². The Morgan fingerprint density at radius 2 is 1.60 bits per heavy atom. The Morgan fingerprint density at radius 1 is 0.860 bits per heavy atom. The Balaban J connectivity index is 1.42. The molecule has 0 aromatic heterocycles. The van der Waals surface area contributed by atoms with E-state index in [1.165, 1.54) is 32.2 Å². The van der Waals surface area contributed by atoms with E-state index in [2.05, 4.69) is 0 Å². The van der Waals surface area contributed by atoms with Crippen LogP contribution in [0.15, 0.2) is 30.3 Å². The van der Waals surface area contributed by atoms with Crippen molar-refractivity contribution < 1.29 is 74.1 Å². The van der Waals surface area contributed by atoms with Crippen molar-refractivity contribution in [3.63, 3.8) is 0 Å². The molecule has 0 radical (unpaired) electrons. The van der Waals surface area contributed by atoms with Gasteiger partial charge in [0.15, 0.2) is 18.2 Å². The number of hydrogen-bond acceptors (Lipinski definition) is 15. The molecule has 2 aromatic rings. The predicted molar refractivity (Wildman–Crippen MR) is 141 cm³/mol. The number of phenols is 2. The smallest absolute Gasteiger partial charge is 0.229 e. The molecule has 3 heterocycles. The highest BCUT2D eigenvalue weighted by molar-refractivity contribution is 6.02. The van der Waals surface area contributed by atoms with Gasteiger partial charge in [-0.1, -0.05) is 0 Å². The van der Waals surface area contributed by atoms with E-state index in [4.69, 9.17) is 28.4 Å². The van der Waals surface area contributed by atoms with Crippen molar-refractivity contribution in [3.05, 3.63) is 41.5 Å². The Hall–Kier alpha value is -3.25. The zero-order valence-corrected chi connectivity index (χ0v) is 23.1. The number of carbonyl (C=O) groups excluding carboxylic acids is 1. The minimum Gasteiger partial charge on any atom is -0.508 e. The maximum absolute atomic E-state index is 13.0. The molecule has 0 saturated carbocycles. The van der Waals surface area contributed by atoms with Crippen LogP contribution < -0.4 is 14.2 Å². The van der Waals surface area contributed by atoms with Crippen molar-refractivity contribution in [3.8, 4) is 28.7 Å². The van der Waals surface area contributed by atoms with Gasteiger partial charge in [0, 0.05) is 23.8 Å². The van der Waals surface area contributed by atoms with Gasteiger partial charge in [-0.2, -0.15) is 0 Å². The first-order valence-electron chi connectivity index (χ1n) is 13.5. The summed E-state index contributed by atoms with van der Waals surface area (Å²) in [6.45, 7) is 0.698. The number of aliphatic hydroxyl groups excluding tert-OH is 6. The van der Waals surface area contributed by atoms with Crippen LogP contribution in [0, 0.1) is 0 Å². The number of fused-ring (bicyclic) bond motifs is 1. The minimum atomic E-state index is -1.76. The summed E-state index contributed by atoms with van der Waals surface area (Å²) < 4.78 is 33.8. The van der Waals surface area contributed by atoms with E-state index in [0.29, 0.717) is 11.3 Å². The molecule has 3 aliphatic rings. The van der Waals surface area contributed by atoms with Crippen molar-refractivity contribution in [1.82, 2.24) is 0 Å². The number of methoxy groups -OCH3 is 1. The molecule has 15 heteroatoms. The number of ketones is 1. The molecule has 8 N–H and O–H groups in total. The maximum atomic E-state index is 13.0. The zero-order valence-electron chi connectivity index (χ0n) is 23.1. The van der Waals surface area contributed by atoms with E-state index < -0.39 is 85.7 Å². The Bertz CT molecular complexity index is 1320. The van der Waals surface area contributed by atoms with Crippen LogP contribution in [0.1, 0.15) is 35.4 Å². The van der Waals surface area contributed by atoms with Gasteiger partial charge in [0.2, 0.25) is 6.29 Å². The second kappa shape index (κ2) is 12.4. The van der Waals surface area contributed by atoms with E-state index in [-0.39, 0.29) is 29.2 Å². The summed E-state index contributed by atoms with van der Waals surface area (Å²) in [5.41, 5.74) is 0.318. The Labute approximate surface area is 245 Å². The summed E-state index contributed by atoms with van der Waals surface area (Å²) in [6, 6.07) is 6.75. The molecule has 0 amide bonds. The van der Waals surface area contributed by atoms with Crippen molar-refractivity contribution >= 4 is 5.78 Å². The van der Waals surface area contributed by atoms with Gasteiger partial charge in [-0.15, -0.1) is 0 Å². The molecule has 2 fully saturated rings. The summed E-state index contributed by atoms with van der Waals surface area (Å²) in [5.74, 6) is -0.924. The number of aliphatic hydroxyl groups is 6. The number of Topliss-reactive ketones (excluding diaryl/α,β-unsaturated/α-hetero) is 1. The van der Waals surface area contributed by atoms with Gasteiger partial charge in [0.05, 0.1) is 26.2 Å². The van der Waals surface area contributed by atoms with Crippen molar-refractivity contribution in [2.24, 2.45) is 0 Å². The van der Waals surface area contributed by atoms with Crippen molar-refractivity contribution in [2.75, 3.05) is 13.7 Å². The van der Waals surface area contributed by atoms with Gasteiger partial charge in [0.25, 0.3) is 0 Å². The standard InChI is InChI=1S/C28H34O15/c1-10-21(33)23(35)25(37)27(39-10)43-26-24(36)22(34)19(9-29)42-28(26)40-14-6-15(31)20-16(32)8-17(41-18(20)7-14)11-3-12(30)5-13(4-11)38-2/h3-7,10,17,19,21-31,33-37H,8-9H2,1-2H3/t10-,17-,19+,21-,22+,23+,24-,25+,26+,27-,28+/m1/s1. The molecule has 11 atom stereocenters. The largest absolute Gasteiger partial charge is 0.508 e. The van der Waals surface area contributed by atoms with E-state index in [1.54, 1.807) is 6.07 Å². The molecule has 5 rings (SSSR count). The van der Waals surface area contributed by atoms with Crippen LogP contribution >= 0.6 is 0 Å². The average Bonchev–Trinajstić information content (AvgIpc) is 2.97. The summed E-state index contributed by atoms with van der Waals surface area (Å²) >= 11 is 0. The van der Waals surface area contributed by atoms with E-state index in [0.717, 1.165) is 6.07 Å². The molecular weight excluding hydrogens is 576 g/mol. The molecule has 43 heavy (non-hydrogen) atoms. The van der Waals surface area contributed by atoms with Crippen LogP contribution in [0.25, 0.3) is 0 Å². The molecule has 3 aliphatic heterocycles. The SMILES string of the molecule is COc1cc(O)cc([C@H]2CC(=O)c3c(O)cc(O[C@H]4O[C@@H](CO)[C@H](O)[C@@H](O)[C@@H]4O[C@H]4O[C@H](C)[C@@H](O)[C@H](O)[C@@H]4O)cc3O2)c1. The lowest BCUT2D eigenvalue weighted by Gasteiger charge is -2.45. The first kappa shape index (κ1) is 31.2. The molecule has 0 spiro atoms. The van der Waals surface area contributed by atoms with E-state index >= 15 is 0 Å². The average molecular weight is 611 g/mol. The second-order valence-electron chi connectivity index (χ2n) is 10.6. The highest BCUT2D eigenvalue weighted by Gasteiger charge is 2.51. The van der Waals surface area contributed by atoms with Gasteiger partial charge in [-0.25, -0.2) is 0 Å². The molecule has 0 aliphatic carbocycles. The number of carbonyl (C=O) groups is 1. The summed E-state index contributed by atoms with van der Waals surface area (Å²) in [4.78, 5) is 13.0. The molecule has 0 unspecified atom stereocenters. The van der Waals surface area contributed by atoms with Crippen LogP contribution in [0.2, 0.25) is 0 Å². The van der Waals surface area contributed by atoms with E-state index in [9.17, 15) is 45.6 Å². The van der Waals surface area contributed by atoms with E-state index in [1.807, 2.05) is 0 Å². The molecular formula is C28H34O15. The number of phenolic OH excluding ortho intramolecular Hbond substituents is 2. The van der Waals surface area contributed by atoms with Crippen LogP contribution in [-0.4, -0.2) is 122 Å². The fraction of sp³-hybridized carbons (Fsp3) is 0.536. The number of benzene rings is 2. The third-order valence-corrected chi connectivity index (χ3v) is 7.67. The van der Waals surface area contributed by atoms with Gasteiger partial charge in [0.1, 0.15) is 77.0 Å². The normalized spacial score (nSPS) is 36.0. The molecule has 2 saturated heterocycles. The predicted octanol–water partition coefficient (Wildman–Crippen LogP) is -1.16. The summed E-state index contributed by atoms with van der Waals surface area (Å²) in [6.07, 6.45) is -16.4. The third-order valence-electron chi connectivity index (χ3n) is 7.67. The Morgan fingerprint density at radius 3 is 2.30 bits per heavy atom. The van der Waals surface area contributed by atoms with Crippen LogP contribution in [-0.2, 0) is 14.2 Å². The lowest BCUT2D eigenvalue weighted by Crippen LogP contribution is -2.64. The van der Waals surface area contributed by atoms with Crippen molar-refractivity contribution in [2.45, 2.75) is 80.9 Å². The number of hydrogen-bond donors (Lipinski definition) is 8. The summed E-state index contributed by atoms with van der Waals surface area (Å²) in [7, 11) is 1.41. The van der Waals surface area contributed by atoms with Gasteiger partial charge in [-0.3, -0.25) is 4.79 Å². The first-order valence-corrected chi connectivity index (χ1v) is 13.5. The van der Waals surface area contributed by atoms with Gasteiger partial charge >= 0.3 is 0 Å². The minimum absolute atomic E-state index is 0.0666. The lowest BCUT2D eigenvalue weighted by molar-refractivity contribution is -0.354. The molecule has 15 nitrogen and oxygen atoms in total. The van der Waals surface area contributed by atoms with Crippen molar-refractivity contribution in [1.29, 1.82) is 0 Å². The zero-order chi connectivity index (χ0) is 31.2. The first-order chi connectivity index (χ1) is 20.4. The second-order valence-corrected chi connectivity index (χ2v) is 10.6. The molecule has 2 aromatic carbocycles. The number of ether oxygens (including phenoxy) is 6. The highest BCUT2D eigenvalue weighted by atomic mass is 16.8. The fourth-order valence-corrected chi connectivity index (χ4v) is 5.29. The number of rotatable bonds is 7. The van der Waals surface area contributed by atoms with Gasteiger partial charge in [-0.05, 0) is 19.1 Å². The monoisotopic (exact) mass is 610 g/mol. The third kappa shape index (κ3) is 6.08. The highest BCUT2D eigenvalue weighted by Crippen LogP contribution is 2.43. The quantitative estimate of drug-likeness (QED) is 0.185. The lowest BCUT2D eigenvalue weighted by atomic mass is 9.95. The van der Waals surface area contributed by atoms with Crippen LogP contribution in [0.4, 0.5) is 0 Å². The van der Waals surface area contributed by atoms with Crippen LogP contribution in [0.3, 0.4) is 0 Å². The Kier molecular flexibility index (Phi) is 8.99.